The van der Waals surface area contributed by atoms with Gasteiger partial charge in [-0.2, -0.15) is 0 Å². The third-order valence-corrected chi connectivity index (χ3v) is 2.59. The molecule has 0 aliphatic rings. The van der Waals surface area contributed by atoms with Crippen LogP contribution in [0.1, 0.15) is 40.0 Å². The third-order valence-electron chi connectivity index (χ3n) is 2.59. The van der Waals surface area contributed by atoms with Crippen molar-refractivity contribution in [3.63, 3.8) is 0 Å². The standard InChI is InChI=1S/C12H25NO/c1-6-9-13(11(3)7-2)12(4)8-10-14-5/h11H,4,6-10H2,1-3,5H3. The number of rotatable bonds is 8. The van der Waals surface area contributed by atoms with Crippen molar-refractivity contribution >= 4 is 0 Å². The van der Waals surface area contributed by atoms with Crippen molar-refractivity contribution in [1.29, 1.82) is 0 Å². The molecule has 0 aromatic rings. The van der Waals surface area contributed by atoms with Gasteiger partial charge in [-0.3, -0.25) is 0 Å². The van der Waals surface area contributed by atoms with Crippen molar-refractivity contribution in [2.75, 3.05) is 20.3 Å². The van der Waals surface area contributed by atoms with Crippen LogP contribution in [0, 0.1) is 0 Å². The summed E-state index contributed by atoms with van der Waals surface area (Å²) in [5.41, 5.74) is 1.21. The van der Waals surface area contributed by atoms with Crippen LogP contribution >= 0.6 is 0 Å². The van der Waals surface area contributed by atoms with Crippen LogP contribution in [0.3, 0.4) is 0 Å². The quantitative estimate of drug-likeness (QED) is 0.596. The van der Waals surface area contributed by atoms with Crippen molar-refractivity contribution in [3.8, 4) is 0 Å². The molecule has 2 nitrogen and oxygen atoms in total. The monoisotopic (exact) mass is 199 g/mol. The lowest BCUT2D eigenvalue weighted by atomic mass is 10.1. The zero-order chi connectivity index (χ0) is 11.0. The molecule has 0 amide bonds. The summed E-state index contributed by atoms with van der Waals surface area (Å²) >= 11 is 0. The molecule has 0 aliphatic heterocycles. The first-order chi connectivity index (χ1) is 6.67. The van der Waals surface area contributed by atoms with E-state index >= 15 is 0 Å². The van der Waals surface area contributed by atoms with Gasteiger partial charge in [-0.25, -0.2) is 0 Å². The van der Waals surface area contributed by atoms with Gasteiger partial charge in [-0.05, 0) is 19.8 Å². The maximum Gasteiger partial charge on any atom is 0.0516 e. The first-order valence-electron chi connectivity index (χ1n) is 5.60. The van der Waals surface area contributed by atoms with E-state index in [1.807, 2.05) is 0 Å². The molecule has 0 N–H and O–H groups in total. The van der Waals surface area contributed by atoms with E-state index in [-0.39, 0.29) is 0 Å². The van der Waals surface area contributed by atoms with Gasteiger partial charge in [0.25, 0.3) is 0 Å². The van der Waals surface area contributed by atoms with Crippen LogP contribution in [0.5, 0.6) is 0 Å². The minimum Gasteiger partial charge on any atom is -0.384 e. The molecule has 0 aromatic carbocycles. The molecule has 0 aliphatic carbocycles. The van der Waals surface area contributed by atoms with Gasteiger partial charge >= 0.3 is 0 Å². The Kier molecular flexibility index (Phi) is 7.58. The summed E-state index contributed by atoms with van der Waals surface area (Å²) in [5.74, 6) is 0. The van der Waals surface area contributed by atoms with Crippen molar-refractivity contribution in [2.45, 2.75) is 46.1 Å². The summed E-state index contributed by atoms with van der Waals surface area (Å²) in [6, 6.07) is 0.597. The average Bonchev–Trinajstić information content (AvgIpc) is 2.21. The Bertz CT molecular complexity index is 156. The zero-order valence-corrected chi connectivity index (χ0v) is 10.2. The fourth-order valence-corrected chi connectivity index (χ4v) is 1.51. The molecule has 0 spiro atoms. The molecule has 0 fully saturated rings. The molecular formula is C12H25NO. The molecule has 0 heterocycles. The lowest BCUT2D eigenvalue weighted by molar-refractivity contribution is 0.181. The lowest BCUT2D eigenvalue weighted by Gasteiger charge is -2.32. The van der Waals surface area contributed by atoms with E-state index in [1.54, 1.807) is 7.11 Å². The summed E-state index contributed by atoms with van der Waals surface area (Å²) in [6.45, 7) is 12.7. The largest absolute Gasteiger partial charge is 0.384 e. The molecule has 2 heteroatoms. The van der Waals surface area contributed by atoms with Gasteiger partial charge in [-0.15, -0.1) is 0 Å². The number of methoxy groups -OCH3 is 1. The van der Waals surface area contributed by atoms with Crippen molar-refractivity contribution in [2.24, 2.45) is 0 Å². The smallest absolute Gasteiger partial charge is 0.0516 e. The molecule has 0 aromatic heterocycles. The fraction of sp³-hybridized carbons (Fsp3) is 0.833. The van der Waals surface area contributed by atoms with Gasteiger partial charge in [0.1, 0.15) is 0 Å². The Morgan fingerprint density at radius 2 is 2.07 bits per heavy atom. The van der Waals surface area contributed by atoms with Gasteiger partial charge in [0.05, 0.1) is 6.61 Å². The van der Waals surface area contributed by atoms with Crippen molar-refractivity contribution < 1.29 is 4.74 Å². The zero-order valence-electron chi connectivity index (χ0n) is 10.2. The predicted octanol–water partition coefficient (Wildman–Crippen LogP) is 3.05. The Balaban J connectivity index is 4.10. The highest BCUT2D eigenvalue weighted by atomic mass is 16.5. The minimum atomic E-state index is 0.597. The number of ether oxygens (including phenoxy) is 1. The first kappa shape index (κ1) is 13.5. The topological polar surface area (TPSA) is 12.5 Å². The highest BCUT2D eigenvalue weighted by Crippen LogP contribution is 2.14. The average molecular weight is 199 g/mol. The van der Waals surface area contributed by atoms with Gasteiger partial charge in [-0.1, -0.05) is 20.4 Å². The maximum absolute atomic E-state index is 5.07. The molecule has 1 atom stereocenters. The van der Waals surface area contributed by atoms with Crippen LogP contribution in [-0.2, 0) is 4.74 Å². The minimum absolute atomic E-state index is 0.597. The molecule has 0 saturated carbocycles. The Hall–Kier alpha value is -0.500. The third kappa shape index (κ3) is 4.66. The van der Waals surface area contributed by atoms with E-state index in [1.165, 1.54) is 18.5 Å². The summed E-state index contributed by atoms with van der Waals surface area (Å²) in [6.07, 6.45) is 3.29. The van der Waals surface area contributed by atoms with E-state index < -0.39 is 0 Å². The van der Waals surface area contributed by atoms with E-state index in [2.05, 4.69) is 32.3 Å². The van der Waals surface area contributed by atoms with Crippen LogP contribution in [-0.4, -0.2) is 31.2 Å². The SMILES string of the molecule is C=C(CCOC)N(CCC)C(C)CC. The highest BCUT2D eigenvalue weighted by molar-refractivity contribution is 4.95. The van der Waals surface area contributed by atoms with E-state index in [0.29, 0.717) is 6.04 Å². The van der Waals surface area contributed by atoms with Crippen LogP contribution in [0.4, 0.5) is 0 Å². The lowest BCUT2D eigenvalue weighted by Crippen LogP contribution is -2.32. The molecule has 0 bridgehead atoms. The molecule has 0 radical (unpaired) electrons. The van der Waals surface area contributed by atoms with Gasteiger partial charge in [0, 0.05) is 31.8 Å². The van der Waals surface area contributed by atoms with Crippen molar-refractivity contribution in [3.05, 3.63) is 12.3 Å². The second-order valence-corrected chi connectivity index (χ2v) is 3.76. The van der Waals surface area contributed by atoms with Gasteiger partial charge in [0.15, 0.2) is 0 Å². The predicted molar refractivity (Wildman–Crippen MR) is 62.4 cm³/mol. The number of hydrogen-bond donors (Lipinski definition) is 0. The molecular weight excluding hydrogens is 174 g/mol. The van der Waals surface area contributed by atoms with E-state index in [4.69, 9.17) is 4.74 Å². The highest BCUT2D eigenvalue weighted by Gasteiger charge is 2.12. The van der Waals surface area contributed by atoms with E-state index in [0.717, 1.165) is 19.6 Å². The fourth-order valence-electron chi connectivity index (χ4n) is 1.51. The Morgan fingerprint density at radius 3 is 2.50 bits per heavy atom. The Morgan fingerprint density at radius 1 is 1.43 bits per heavy atom. The van der Waals surface area contributed by atoms with E-state index in [9.17, 15) is 0 Å². The molecule has 1 unspecified atom stereocenters. The maximum atomic E-state index is 5.07. The van der Waals surface area contributed by atoms with Crippen LogP contribution in [0.15, 0.2) is 12.3 Å². The van der Waals surface area contributed by atoms with Crippen LogP contribution < -0.4 is 0 Å². The number of hydrogen-bond acceptors (Lipinski definition) is 2. The second kappa shape index (κ2) is 7.86. The molecule has 14 heavy (non-hydrogen) atoms. The van der Waals surface area contributed by atoms with Crippen LogP contribution in [0.2, 0.25) is 0 Å². The first-order valence-corrected chi connectivity index (χ1v) is 5.60. The second-order valence-electron chi connectivity index (χ2n) is 3.76. The Labute approximate surface area is 88.9 Å². The molecule has 0 saturated heterocycles. The number of nitrogens with zero attached hydrogens (tertiary/aromatic N) is 1. The molecule has 0 rings (SSSR count). The summed E-state index contributed by atoms with van der Waals surface area (Å²) in [7, 11) is 1.74. The van der Waals surface area contributed by atoms with Gasteiger partial charge < -0.3 is 9.64 Å². The summed E-state index contributed by atoms with van der Waals surface area (Å²) in [4.78, 5) is 2.40. The van der Waals surface area contributed by atoms with Crippen molar-refractivity contribution in [1.82, 2.24) is 4.90 Å². The summed E-state index contributed by atoms with van der Waals surface area (Å²) in [5, 5.41) is 0. The van der Waals surface area contributed by atoms with Gasteiger partial charge in [0.2, 0.25) is 0 Å². The summed E-state index contributed by atoms with van der Waals surface area (Å²) < 4.78 is 5.07. The van der Waals surface area contributed by atoms with Crippen LogP contribution in [0.25, 0.3) is 0 Å². The molecule has 84 valence electrons. The normalized spacial score (nSPS) is 12.6.